The van der Waals surface area contributed by atoms with Gasteiger partial charge in [-0.2, -0.15) is 5.10 Å². The highest BCUT2D eigenvalue weighted by molar-refractivity contribution is 6.32. The summed E-state index contributed by atoms with van der Waals surface area (Å²) in [5, 5.41) is 24.0. The van der Waals surface area contributed by atoms with Gasteiger partial charge in [-0.15, -0.1) is 5.10 Å². The number of aliphatic hydroxyl groups excluding tert-OH is 1. The molecule has 0 saturated heterocycles. The van der Waals surface area contributed by atoms with Crippen molar-refractivity contribution in [3.05, 3.63) is 53.8 Å². The zero-order valence-electron chi connectivity index (χ0n) is 14.4. The molecule has 0 amide bonds. The van der Waals surface area contributed by atoms with Crippen molar-refractivity contribution in [3.63, 3.8) is 0 Å². The van der Waals surface area contributed by atoms with E-state index in [2.05, 4.69) is 20.4 Å². The fraction of sp³-hybridized carbons (Fsp3) is 0.412. The van der Waals surface area contributed by atoms with Crippen LogP contribution in [0.4, 0.5) is 0 Å². The Morgan fingerprint density at radius 2 is 2.00 bits per heavy atom. The molecule has 1 aromatic carbocycles. The molecule has 0 aliphatic carbocycles. The standard InChI is InChI=1S/C17H21ClN6O/c1-17(2,3)16(25)15(24-11-19-10-20-24)8-12-9-23(22-21-12)14-7-5-4-6-13(14)18/h4-7,9-11,15-16,25H,8H2,1-3H3. The Balaban J connectivity index is 1.87. The number of halogens is 1. The zero-order valence-corrected chi connectivity index (χ0v) is 15.2. The first-order chi connectivity index (χ1) is 11.9. The molecule has 3 rings (SSSR count). The van der Waals surface area contributed by atoms with Gasteiger partial charge in [0, 0.05) is 6.42 Å². The third-order valence-corrected chi connectivity index (χ3v) is 4.41. The van der Waals surface area contributed by atoms with Crippen molar-refractivity contribution in [2.45, 2.75) is 39.3 Å². The summed E-state index contributed by atoms with van der Waals surface area (Å²) in [5.74, 6) is 0. The van der Waals surface area contributed by atoms with Crippen molar-refractivity contribution < 1.29 is 5.11 Å². The highest BCUT2D eigenvalue weighted by Gasteiger charge is 2.33. The van der Waals surface area contributed by atoms with Crippen LogP contribution in [0.2, 0.25) is 5.02 Å². The van der Waals surface area contributed by atoms with Crippen LogP contribution in [0.15, 0.2) is 43.1 Å². The SMILES string of the molecule is CC(C)(C)C(O)C(Cc1cn(-c2ccccc2Cl)nn1)n1cncn1. The van der Waals surface area contributed by atoms with Gasteiger partial charge in [-0.05, 0) is 17.5 Å². The number of rotatable bonds is 5. The summed E-state index contributed by atoms with van der Waals surface area (Å²) in [7, 11) is 0. The largest absolute Gasteiger partial charge is 0.390 e. The van der Waals surface area contributed by atoms with Gasteiger partial charge < -0.3 is 5.11 Å². The molecule has 8 heteroatoms. The Morgan fingerprint density at radius 3 is 2.64 bits per heavy atom. The predicted octanol–water partition coefficient (Wildman–Crippen LogP) is 2.70. The van der Waals surface area contributed by atoms with Crippen LogP contribution in [0.5, 0.6) is 0 Å². The molecule has 0 radical (unpaired) electrons. The topological polar surface area (TPSA) is 81.6 Å². The highest BCUT2D eigenvalue weighted by atomic mass is 35.5. The average molecular weight is 361 g/mol. The summed E-state index contributed by atoms with van der Waals surface area (Å²) >= 11 is 6.21. The van der Waals surface area contributed by atoms with E-state index in [1.54, 1.807) is 21.8 Å². The number of para-hydroxylation sites is 1. The monoisotopic (exact) mass is 360 g/mol. The molecule has 1 N–H and O–H groups in total. The maximum atomic E-state index is 10.8. The molecular weight excluding hydrogens is 340 g/mol. The van der Waals surface area contributed by atoms with E-state index in [1.807, 2.05) is 45.2 Å². The Morgan fingerprint density at radius 1 is 1.24 bits per heavy atom. The van der Waals surface area contributed by atoms with E-state index in [9.17, 15) is 5.11 Å². The van der Waals surface area contributed by atoms with Crippen LogP contribution in [0.3, 0.4) is 0 Å². The third kappa shape index (κ3) is 3.88. The number of nitrogens with zero attached hydrogens (tertiary/aromatic N) is 6. The number of benzene rings is 1. The maximum absolute atomic E-state index is 10.8. The summed E-state index contributed by atoms with van der Waals surface area (Å²) in [6.45, 7) is 5.96. The predicted molar refractivity (Wildman–Crippen MR) is 94.6 cm³/mol. The Bertz CT molecular complexity index is 824. The van der Waals surface area contributed by atoms with Crippen LogP contribution in [0.1, 0.15) is 32.5 Å². The van der Waals surface area contributed by atoms with Gasteiger partial charge >= 0.3 is 0 Å². The number of aromatic nitrogens is 6. The van der Waals surface area contributed by atoms with E-state index in [0.717, 1.165) is 11.4 Å². The quantitative estimate of drug-likeness (QED) is 0.756. The highest BCUT2D eigenvalue weighted by Crippen LogP contribution is 2.30. The second kappa shape index (κ2) is 6.93. The van der Waals surface area contributed by atoms with E-state index >= 15 is 0 Å². The molecule has 2 atom stereocenters. The average Bonchev–Trinajstić information content (AvgIpc) is 3.23. The number of hydrogen-bond acceptors (Lipinski definition) is 5. The molecule has 25 heavy (non-hydrogen) atoms. The second-order valence-corrected chi connectivity index (χ2v) is 7.47. The lowest BCUT2D eigenvalue weighted by Gasteiger charge is -2.32. The molecule has 3 aromatic rings. The minimum atomic E-state index is -0.625. The molecule has 2 unspecified atom stereocenters. The molecule has 2 heterocycles. The lowest BCUT2D eigenvalue weighted by molar-refractivity contribution is 0.0121. The second-order valence-electron chi connectivity index (χ2n) is 7.06. The molecular formula is C17H21ClN6O. The lowest BCUT2D eigenvalue weighted by atomic mass is 9.83. The van der Waals surface area contributed by atoms with E-state index in [0.29, 0.717) is 11.4 Å². The molecule has 132 valence electrons. The van der Waals surface area contributed by atoms with Crippen molar-refractivity contribution >= 4 is 11.6 Å². The lowest BCUT2D eigenvalue weighted by Crippen LogP contribution is -2.37. The van der Waals surface area contributed by atoms with Crippen molar-refractivity contribution in [3.8, 4) is 5.69 Å². The molecule has 2 aromatic heterocycles. The number of hydrogen-bond donors (Lipinski definition) is 1. The van der Waals surface area contributed by atoms with Crippen LogP contribution < -0.4 is 0 Å². The molecule has 7 nitrogen and oxygen atoms in total. The van der Waals surface area contributed by atoms with Crippen LogP contribution in [0, 0.1) is 5.41 Å². The fourth-order valence-corrected chi connectivity index (χ4v) is 2.90. The third-order valence-electron chi connectivity index (χ3n) is 4.09. The van der Waals surface area contributed by atoms with E-state index in [4.69, 9.17) is 11.6 Å². The Labute approximate surface area is 151 Å². The molecule has 0 aliphatic heterocycles. The van der Waals surface area contributed by atoms with Gasteiger partial charge in [0.25, 0.3) is 0 Å². The number of aliphatic hydroxyl groups is 1. The smallest absolute Gasteiger partial charge is 0.137 e. The molecule has 0 fully saturated rings. The van der Waals surface area contributed by atoms with E-state index in [-0.39, 0.29) is 11.5 Å². The zero-order chi connectivity index (χ0) is 18.0. The van der Waals surface area contributed by atoms with Crippen LogP contribution in [-0.2, 0) is 6.42 Å². The minimum absolute atomic E-state index is 0.293. The normalized spacial score (nSPS) is 14.4. The molecule has 0 aliphatic rings. The first kappa shape index (κ1) is 17.6. The van der Waals surface area contributed by atoms with Gasteiger partial charge in [-0.25, -0.2) is 14.3 Å². The van der Waals surface area contributed by atoms with Crippen molar-refractivity contribution in [2.24, 2.45) is 5.41 Å². The summed E-state index contributed by atoms with van der Waals surface area (Å²) < 4.78 is 3.31. The molecule has 0 saturated carbocycles. The minimum Gasteiger partial charge on any atom is -0.390 e. The maximum Gasteiger partial charge on any atom is 0.137 e. The van der Waals surface area contributed by atoms with Crippen molar-refractivity contribution in [1.29, 1.82) is 0 Å². The van der Waals surface area contributed by atoms with E-state index < -0.39 is 6.10 Å². The van der Waals surface area contributed by atoms with Crippen molar-refractivity contribution in [2.75, 3.05) is 0 Å². The van der Waals surface area contributed by atoms with Crippen LogP contribution >= 0.6 is 11.6 Å². The summed E-state index contributed by atoms with van der Waals surface area (Å²) in [6, 6.07) is 7.15. The van der Waals surface area contributed by atoms with Gasteiger partial charge in [0.2, 0.25) is 0 Å². The van der Waals surface area contributed by atoms with Gasteiger partial charge in [0.15, 0.2) is 0 Å². The molecule has 0 bridgehead atoms. The Kier molecular flexibility index (Phi) is 4.87. The van der Waals surface area contributed by atoms with Gasteiger partial charge in [0.1, 0.15) is 12.7 Å². The van der Waals surface area contributed by atoms with Crippen LogP contribution in [-0.4, -0.2) is 41.0 Å². The fourth-order valence-electron chi connectivity index (χ4n) is 2.68. The van der Waals surface area contributed by atoms with E-state index in [1.165, 1.54) is 6.33 Å². The van der Waals surface area contributed by atoms with Gasteiger partial charge in [-0.1, -0.05) is 49.7 Å². The van der Waals surface area contributed by atoms with Crippen LogP contribution in [0.25, 0.3) is 5.69 Å². The van der Waals surface area contributed by atoms with Gasteiger partial charge in [0.05, 0.1) is 34.7 Å². The Hall–Kier alpha value is -2.25. The van der Waals surface area contributed by atoms with Crippen molar-refractivity contribution in [1.82, 2.24) is 29.8 Å². The van der Waals surface area contributed by atoms with Gasteiger partial charge in [-0.3, -0.25) is 0 Å². The molecule has 0 spiro atoms. The summed E-state index contributed by atoms with van der Waals surface area (Å²) in [6.07, 6.45) is 4.74. The summed E-state index contributed by atoms with van der Waals surface area (Å²) in [5.41, 5.74) is 1.19. The first-order valence-electron chi connectivity index (χ1n) is 8.04. The first-order valence-corrected chi connectivity index (χ1v) is 8.42. The summed E-state index contributed by atoms with van der Waals surface area (Å²) in [4.78, 5) is 4.00.